The summed E-state index contributed by atoms with van der Waals surface area (Å²) in [5.41, 5.74) is -0.421. The summed E-state index contributed by atoms with van der Waals surface area (Å²) in [4.78, 5) is 5.18. The number of pyridine rings is 1. The Kier molecular flexibility index (Phi) is 3.08. The van der Waals surface area contributed by atoms with Crippen molar-refractivity contribution in [2.75, 3.05) is 0 Å². The van der Waals surface area contributed by atoms with Crippen molar-refractivity contribution in [2.24, 2.45) is 0 Å². The van der Waals surface area contributed by atoms with Gasteiger partial charge in [0.1, 0.15) is 0 Å². The van der Waals surface area contributed by atoms with Crippen molar-refractivity contribution in [2.45, 2.75) is 6.18 Å². The first-order chi connectivity index (χ1) is 6.04. The van der Waals surface area contributed by atoms with Crippen LogP contribution in [0.5, 0.6) is 0 Å². The average Bonchev–Trinajstić information content (AvgIpc) is 2.04. The Balaban J connectivity index is 3.05. The number of hydrogen-bond donors (Lipinski definition) is 0. The van der Waals surface area contributed by atoms with Gasteiger partial charge in [0.15, 0.2) is 0 Å². The van der Waals surface area contributed by atoms with E-state index < -0.39 is 11.7 Å². The molecule has 0 N–H and O–H groups in total. The maximum atomic E-state index is 12.1. The molecular weight excluding hydrogens is 247 g/mol. The largest absolute Gasteiger partial charge is 0.416 e. The van der Waals surface area contributed by atoms with Crippen LogP contribution in [0.4, 0.5) is 13.2 Å². The molecule has 0 saturated carbocycles. The quantitative estimate of drug-likeness (QED) is 0.745. The predicted molar refractivity (Wildman–Crippen MR) is 47.2 cm³/mol. The van der Waals surface area contributed by atoms with E-state index in [0.717, 1.165) is 18.3 Å². The summed E-state index contributed by atoms with van der Waals surface area (Å²) in [7, 11) is 0. The Bertz CT molecular complexity index is 319. The van der Waals surface area contributed by atoms with Gasteiger partial charge in [-0.15, -0.1) is 0 Å². The van der Waals surface area contributed by atoms with Gasteiger partial charge in [-0.3, -0.25) is 4.98 Å². The molecule has 5 heteroatoms. The van der Waals surface area contributed by atoms with Crippen LogP contribution in [-0.2, 0) is 6.18 Å². The first kappa shape index (κ1) is 10.2. The van der Waals surface area contributed by atoms with Crippen molar-refractivity contribution >= 4 is 22.0 Å². The monoisotopic (exact) mass is 251 g/mol. The van der Waals surface area contributed by atoms with Crippen LogP contribution in [0.2, 0.25) is 0 Å². The highest BCUT2D eigenvalue weighted by Crippen LogP contribution is 2.29. The van der Waals surface area contributed by atoms with Crippen LogP contribution in [0, 0.1) is 0 Å². The van der Waals surface area contributed by atoms with Crippen LogP contribution in [0.1, 0.15) is 11.3 Å². The molecular formula is C8H5BrF3N. The second kappa shape index (κ2) is 3.91. The molecule has 13 heavy (non-hydrogen) atoms. The van der Waals surface area contributed by atoms with Crippen molar-refractivity contribution in [3.05, 3.63) is 34.6 Å². The van der Waals surface area contributed by atoms with Crippen molar-refractivity contribution in [3.8, 4) is 0 Å². The lowest BCUT2D eigenvalue weighted by Gasteiger charge is -2.05. The molecule has 1 nitrogen and oxygen atoms in total. The lowest BCUT2D eigenvalue weighted by molar-refractivity contribution is -0.137. The number of halogens is 4. The van der Waals surface area contributed by atoms with E-state index in [1.54, 1.807) is 0 Å². The van der Waals surface area contributed by atoms with E-state index in [0.29, 0.717) is 0 Å². The van der Waals surface area contributed by atoms with E-state index in [9.17, 15) is 13.2 Å². The molecule has 0 aliphatic heterocycles. The Hall–Kier alpha value is -0.840. The number of rotatable bonds is 1. The third-order valence-electron chi connectivity index (χ3n) is 1.34. The zero-order valence-electron chi connectivity index (χ0n) is 6.35. The van der Waals surface area contributed by atoms with Crippen molar-refractivity contribution < 1.29 is 13.2 Å². The lowest BCUT2D eigenvalue weighted by atomic mass is 10.2. The van der Waals surface area contributed by atoms with Gasteiger partial charge < -0.3 is 0 Å². The SMILES string of the molecule is FC(F)(F)c1ccnc(/C=C/Br)c1. The van der Waals surface area contributed by atoms with E-state index >= 15 is 0 Å². The normalized spacial score (nSPS) is 12.3. The van der Waals surface area contributed by atoms with Crippen LogP contribution in [0.3, 0.4) is 0 Å². The first-order valence-corrected chi connectivity index (χ1v) is 4.25. The maximum Gasteiger partial charge on any atom is 0.416 e. The molecule has 0 saturated heterocycles. The van der Waals surface area contributed by atoms with Crippen molar-refractivity contribution in [1.82, 2.24) is 4.98 Å². The molecule has 0 aliphatic carbocycles. The third kappa shape index (κ3) is 2.84. The topological polar surface area (TPSA) is 12.9 Å². The van der Waals surface area contributed by atoms with E-state index in [1.165, 1.54) is 11.1 Å². The van der Waals surface area contributed by atoms with E-state index in [4.69, 9.17) is 0 Å². The summed E-state index contributed by atoms with van der Waals surface area (Å²) in [6.07, 6.45) is -1.74. The van der Waals surface area contributed by atoms with E-state index in [1.807, 2.05) is 0 Å². The van der Waals surface area contributed by atoms with E-state index in [-0.39, 0.29) is 5.69 Å². The van der Waals surface area contributed by atoms with Gasteiger partial charge in [0.25, 0.3) is 0 Å². The van der Waals surface area contributed by atoms with Crippen molar-refractivity contribution in [3.63, 3.8) is 0 Å². The summed E-state index contributed by atoms with van der Waals surface area (Å²) < 4.78 is 36.4. The summed E-state index contributed by atoms with van der Waals surface area (Å²) in [6, 6.07) is 1.92. The second-order valence-electron chi connectivity index (χ2n) is 2.26. The minimum atomic E-state index is -4.31. The van der Waals surface area contributed by atoms with Crippen LogP contribution in [-0.4, -0.2) is 4.98 Å². The van der Waals surface area contributed by atoms with Gasteiger partial charge in [-0.25, -0.2) is 0 Å². The van der Waals surface area contributed by atoms with Gasteiger partial charge in [-0.2, -0.15) is 13.2 Å². The van der Waals surface area contributed by atoms with Crippen molar-refractivity contribution in [1.29, 1.82) is 0 Å². The smallest absolute Gasteiger partial charge is 0.257 e. The van der Waals surface area contributed by atoms with Crippen LogP contribution < -0.4 is 0 Å². The van der Waals surface area contributed by atoms with Gasteiger partial charge >= 0.3 is 6.18 Å². The molecule has 1 aromatic rings. The van der Waals surface area contributed by atoms with Crippen LogP contribution >= 0.6 is 15.9 Å². The van der Waals surface area contributed by atoms with E-state index in [2.05, 4.69) is 20.9 Å². The standard InChI is InChI=1S/C8H5BrF3N/c9-3-1-7-5-6(2-4-13-7)8(10,11)12/h1-5H/b3-1+. The fraction of sp³-hybridized carbons (Fsp3) is 0.125. The van der Waals surface area contributed by atoms with Crippen LogP contribution in [0.25, 0.3) is 6.08 Å². The summed E-state index contributed by atoms with van der Waals surface area (Å²) in [5, 5.41) is 0. The summed E-state index contributed by atoms with van der Waals surface area (Å²) in [5.74, 6) is 0. The molecule has 0 unspecified atom stereocenters. The number of aromatic nitrogens is 1. The molecule has 0 aliphatic rings. The lowest BCUT2D eigenvalue weighted by Crippen LogP contribution is -2.05. The molecule has 1 rings (SSSR count). The molecule has 70 valence electrons. The summed E-state index contributed by atoms with van der Waals surface area (Å²) >= 11 is 2.96. The molecule has 0 bridgehead atoms. The molecule has 0 amide bonds. The predicted octanol–water partition coefficient (Wildman–Crippen LogP) is 3.47. The highest BCUT2D eigenvalue weighted by atomic mass is 79.9. The molecule has 0 fully saturated rings. The highest BCUT2D eigenvalue weighted by Gasteiger charge is 2.30. The number of alkyl halides is 3. The third-order valence-corrected chi connectivity index (χ3v) is 1.61. The minimum Gasteiger partial charge on any atom is -0.257 e. The Labute approximate surface area is 81.4 Å². The van der Waals surface area contributed by atoms with Crippen LogP contribution in [0.15, 0.2) is 23.3 Å². The van der Waals surface area contributed by atoms with Gasteiger partial charge in [0.05, 0.1) is 11.3 Å². The van der Waals surface area contributed by atoms with Gasteiger partial charge in [-0.05, 0) is 23.2 Å². The van der Waals surface area contributed by atoms with Gasteiger partial charge in [0, 0.05) is 6.20 Å². The highest BCUT2D eigenvalue weighted by molar-refractivity contribution is 9.11. The molecule has 0 spiro atoms. The first-order valence-electron chi connectivity index (χ1n) is 3.34. The molecule has 1 heterocycles. The molecule has 0 radical (unpaired) electrons. The van der Waals surface area contributed by atoms with Gasteiger partial charge in [0.2, 0.25) is 0 Å². The maximum absolute atomic E-state index is 12.1. The molecule has 0 aromatic carbocycles. The molecule has 0 atom stereocenters. The Morgan fingerprint density at radius 1 is 1.38 bits per heavy atom. The molecule has 1 aromatic heterocycles. The number of nitrogens with zero attached hydrogens (tertiary/aromatic N) is 1. The minimum absolute atomic E-state index is 0.270. The second-order valence-corrected chi connectivity index (χ2v) is 2.79. The Morgan fingerprint density at radius 2 is 2.08 bits per heavy atom. The zero-order chi connectivity index (χ0) is 9.90. The number of hydrogen-bond acceptors (Lipinski definition) is 1. The fourth-order valence-corrected chi connectivity index (χ4v) is 1.05. The Morgan fingerprint density at radius 3 is 2.62 bits per heavy atom. The summed E-state index contributed by atoms with van der Waals surface area (Å²) in [6.45, 7) is 0. The van der Waals surface area contributed by atoms with Gasteiger partial charge in [-0.1, -0.05) is 15.9 Å². The average molecular weight is 252 g/mol. The zero-order valence-corrected chi connectivity index (χ0v) is 7.93. The fourth-order valence-electron chi connectivity index (χ4n) is 0.780.